The Morgan fingerprint density at radius 1 is 1.42 bits per heavy atom. The summed E-state index contributed by atoms with van der Waals surface area (Å²) in [5.41, 5.74) is 0.651. The van der Waals surface area contributed by atoms with Gasteiger partial charge in [0.05, 0.1) is 0 Å². The number of aliphatic carboxylic acids is 1. The zero-order valence-corrected chi connectivity index (χ0v) is 10.9. The third kappa shape index (κ3) is 4.72. The van der Waals surface area contributed by atoms with Gasteiger partial charge in [0.1, 0.15) is 0 Å². The number of nitrogens with zero attached hydrogens (tertiary/aromatic N) is 1. The molecule has 0 amide bonds. The third-order valence-corrected chi connectivity index (χ3v) is 2.95. The zero-order valence-electron chi connectivity index (χ0n) is 10.1. The first-order valence-corrected chi connectivity index (χ1v) is 5.81. The third-order valence-electron chi connectivity index (χ3n) is 2.59. The van der Waals surface area contributed by atoms with Gasteiger partial charge in [-0.3, -0.25) is 4.79 Å². The van der Waals surface area contributed by atoms with Gasteiger partial charge in [-0.25, -0.2) is 0 Å². The van der Waals surface area contributed by atoms with Crippen molar-refractivity contribution < 1.29 is 23.1 Å². The van der Waals surface area contributed by atoms with Crippen molar-refractivity contribution in [3.8, 4) is 0 Å². The Morgan fingerprint density at radius 3 is 2.47 bits per heavy atom. The minimum Gasteiger partial charge on any atom is -0.481 e. The number of carboxylic acids is 1. The number of carbonyl (C=O) groups is 1. The molecular formula is C12H13ClF3NO2. The van der Waals surface area contributed by atoms with Crippen LogP contribution in [0.5, 0.6) is 0 Å². The molecule has 19 heavy (non-hydrogen) atoms. The second kappa shape index (κ2) is 6.25. The maximum atomic E-state index is 12.5. The van der Waals surface area contributed by atoms with E-state index >= 15 is 0 Å². The van der Waals surface area contributed by atoms with E-state index in [1.165, 1.54) is 11.9 Å². The molecule has 3 nitrogen and oxygen atoms in total. The van der Waals surface area contributed by atoms with Gasteiger partial charge in [-0.2, -0.15) is 13.2 Å². The summed E-state index contributed by atoms with van der Waals surface area (Å²) in [6, 6.07) is 6.74. The summed E-state index contributed by atoms with van der Waals surface area (Å²) in [4.78, 5) is 11.9. The molecule has 0 aliphatic carbocycles. The smallest absolute Gasteiger partial charge is 0.403 e. The molecule has 0 aliphatic heterocycles. The van der Waals surface area contributed by atoms with E-state index in [2.05, 4.69) is 0 Å². The molecule has 1 unspecified atom stereocenters. The van der Waals surface area contributed by atoms with Crippen LogP contribution in [0.15, 0.2) is 24.3 Å². The highest BCUT2D eigenvalue weighted by Crippen LogP contribution is 2.27. The van der Waals surface area contributed by atoms with E-state index in [4.69, 9.17) is 16.7 Å². The molecule has 106 valence electrons. The highest BCUT2D eigenvalue weighted by atomic mass is 35.5. The highest BCUT2D eigenvalue weighted by Gasteiger charge is 2.45. The Bertz CT molecular complexity index is 451. The summed E-state index contributed by atoms with van der Waals surface area (Å²) in [6.07, 6.45) is -4.76. The number of hydrogen-bond acceptors (Lipinski definition) is 2. The van der Waals surface area contributed by atoms with Crippen LogP contribution in [0.2, 0.25) is 5.02 Å². The van der Waals surface area contributed by atoms with E-state index in [1.54, 1.807) is 24.3 Å². The van der Waals surface area contributed by atoms with Gasteiger partial charge < -0.3 is 10.0 Å². The molecule has 0 radical (unpaired) electrons. The Morgan fingerprint density at radius 2 is 2.00 bits per heavy atom. The Kier molecular flexibility index (Phi) is 5.20. The summed E-state index contributed by atoms with van der Waals surface area (Å²) >= 11 is 5.89. The predicted octanol–water partition coefficient (Wildman–Crippen LogP) is 3.03. The van der Waals surface area contributed by atoms with E-state index in [0.29, 0.717) is 10.6 Å². The summed E-state index contributed by atoms with van der Waals surface area (Å²) < 4.78 is 37.5. The second-order valence-corrected chi connectivity index (χ2v) is 4.63. The van der Waals surface area contributed by atoms with Gasteiger partial charge in [-0.1, -0.05) is 29.8 Å². The number of carboxylic acid groups (broad SMARTS) is 1. The maximum Gasteiger partial charge on any atom is 0.403 e. The summed E-state index contributed by atoms with van der Waals surface area (Å²) in [7, 11) is 1.42. The number of halogens is 4. The van der Waals surface area contributed by atoms with Gasteiger partial charge in [-0.15, -0.1) is 0 Å². The van der Waals surface area contributed by atoms with E-state index in [9.17, 15) is 18.0 Å². The second-order valence-electron chi connectivity index (χ2n) is 4.22. The highest BCUT2D eigenvalue weighted by molar-refractivity contribution is 6.31. The first kappa shape index (κ1) is 15.8. The summed E-state index contributed by atoms with van der Waals surface area (Å²) in [5, 5.41) is 9.04. The monoisotopic (exact) mass is 295 g/mol. The lowest BCUT2D eigenvalue weighted by Gasteiger charge is -2.23. The first-order chi connectivity index (χ1) is 8.71. The lowest BCUT2D eigenvalue weighted by Crippen LogP contribution is -2.39. The van der Waals surface area contributed by atoms with Gasteiger partial charge in [0.15, 0.2) is 5.92 Å². The fraction of sp³-hybridized carbons (Fsp3) is 0.417. The SMILES string of the molecule is CN(Cc1ccccc1Cl)CC(C(=O)O)C(F)(F)F. The van der Waals surface area contributed by atoms with Crippen LogP contribution < -0.4 is 0 Å². The molecule has 0 spiro atoms. The van der Waals surface area contributed by atoms with Gasteiger partial charge in [0, 0.05) is 18.1 Å². The number of alkyl halides is 3. The zero-order chi connectivity index (χ0) is 14.6. The van der Waals surface area contributed by atoms with E-state index < -0.39 is 24.6 Å². The van der Waals surface area contributed by atoms with E-state index in [1.807, 2.05) is 0 Å². The molecule has 0 heterocycles. The molecule has 0 saturated carbocycles. The van der Waals surface area contributed by atoms with Crippen LogP contribution in [-0.4, -0.2) is 35.7 Å². The quantitative estimate of drug-likeness (QED) is 0.908. The van der Waals surface area contributed by atoms with Crippen LogP contribution in [0.4, 0.5) is 13.2 Å². The molecule has 1 aromatic rings. The molecule has 0 fully saturated rings. The number of benzene rings is 1. The van der Waals surface area contributed by atoms with Crippen LogP contribution in [0.3, 0.4) is 0 Å². The van der Waals surface area contributed by atoms with Crippen molar-refractivity contribution in [3.63, 3.8) is 0 Å². The van der Waals surface area contributed by atoms with E-state index in [0.717, 1.165) is 0 Å². The molecule has 1 rings (SSSR count). The average molecular weight is 296 g/mol. The van der Waals surface area contributed by atoms with Crippen LogP contribution in [-0.2, 0) is 11.3 Å². The molecule has 1 N–H and O–H groups in total. The lowest BCUT2D eigenvalue weighted by molar-refractivity contribution is -0.196. The normalized spacial score (nSPS) is 13.6. The van der Waals surface area contributed by atoms with Crippen molar-refractivity contribution in [2.45, 2.75) is 12.7 Å². The van der Waals surface area contributed by atoms with Crippen LogP contribution >= 0.6 is 11.6 Å². The standard InChI is InChI=1S/C12H13ClF3NO2/c1-17(6-8-4-2-3-5-10(8)13)7-9(11(18)19)12(14,15)16/h2-5,9H,6-7H2,1H3,(H,18,19). The minimum atomic E-state index is -4.76. The fourth-order valence-electron chi connectivity index (χ4n) is 1.62. The lowest BCUT2D eigenvalue weighted by atomic mass is 10.1. The molecule has 0 aliphatic rings. The molecule has 1 atom stereocenters. The number of hydrogen-bond donors (Lipinski definition) is 1. The number of rotatable bonds is 5. The largest absolute Gasteiger partial charge is 0.481 e. The van der Waals surface area contributed by atoms with Crippen LogP contribution in [0, 0.1) is 5.92 Å². The van der Waals surface area contributed by atoms with Crippen molar-refractivity contribution in [1.82, 2.24) is 4.90 Å². The van der Waals surface area contributed by atoms with Crippen molar-refractivity contribution in [2.75, 3.05) is 13.6 Å². The average Bonchev–Trinajstić information content (AvgIpc) is 2.27. The topological polar surface area (TPSA) is 40.5 Å². The van der Waals surface area contributed by atoms with Crippen molar-refractivity contribution in [2.24, 2.45) is 5.92 Å². The molecule has 0 saturated heterocycles. The van der Waals surface area contributed by atoms with Crippen molar-refractivity contribution >= 4 is 17.6 Å². The molecule has 0 aromatic heterocycles. The molecule has 7 heteroatoms. The fourth-order valence-corrected chi connectivity index (χ4v) is 1.81. The van der Waals surface area contributed by atoms with Gasteiger partial charge in [-0.05, 0) is 18.7 Å². The predicted molar refractivity (Wildman–Crippen MR) is 65.0 cm³/mol. The minimum absolute atomic E-state index is 0.152. The Hall–Kier alpha value is -1.27. The van der Waals surface area contributed by atoms with Gasteiger partial charge in [0.2, 0.25) is 0 Å². The van der Waals surface area contributed by atoms with E-state index in [-0.39, 0.29) is 6.54 Å². The van der Waals surface area contributed by atoms with Gasteiger partial charge >= 0.3 is 12.1 Å². The van der Waals surface area contributed by atoms with Crippen molar-refractivity contribution in [1.29, 1.82) is 0 Å². The van der Waals surface area contributed by atoms with Crippen LogP contribution in [0.1, 0.15) is 5.56 Å². The van der Waals surface area contributed by atoms with Crippen LogP contribution in [0.25, 0.3) is 0 Å². The van der Waals surface area contributed by atoms with Crippen molar-refractivity contribution in [3.05, 3.63) is 34.9 Å². The summed E-state index contributed by atoms with van der Waals surface area (Å²) in [5.74, 6) is -4.28. The molecule has 1 aromatic carbocycles. The Balaban J connectivity index is 2.71. The maximum absolute atomic E-state index is 12.5. The first-order valence-electron chi connectivity index (χ1n) is 5.43. The Labute approximate surface area is 113 Å². The van der Waals surface area contributed by atoms with Gasteiger partial charge in [0.25, 0.3) is 0 Å². The summed E-state index contributed by atoms with van der Waals surface area (Å²) in [6.45, 7) is -0.469. The molecule has 0 bridgehead atoms. The molecular weight excluding hydrogens is 283 g/mol.